The van der Waals surface area contributed by atoms with Crippen LogP contribution in [0.3, 0.4) is 0 Å². The van der Waals surface area contributed by atoms with Crippen LogP contribution in [-0.4, -0.2) is 30.1 Å². The van der Waals surface area contributed by atoms with Crippen LogP contribution in [0, 0.1) is 0 Å². The summed E-state index contributed by atoms with van der Waals surface area (Å²) in [5.74, 6) is -0.202. The molecule has 0 spiro atoms. The number of imide groups is 1. The fourth-order valence-electron chi connectivity index (χ4n) is 3.20. The molecular weight excluding hydrogens is 398 g/mol. The average Bonchev–Trinajstić information content (AvgIpc) is 2.65. The third kappa shape index (κ3) is 2.58. The average molecular weight is 412 g/mol. The fraction of sp³-hybridized carbons (Fsp3) is 0.100. The normalized spacial score (nSPS) is 13.4. The first kappa shape index (κ1) is 16.8. The summed E-state index contributed by atoms with van der Waals surface area (Å²) >= 11 is 3.38. The molecule has 5 nitrogen and oxygen atoms in total. The summed E-state index contributed by atoms with van der Waals surface area (Å²) in [4.78, 5) is 27.3. The van der Waals surface area contributed by atoms with Gasteiger partial charge >= 0.3 is 0 Å². The van der Waals surface area contributed by atoms with Crippen LogP contribution >= 0.6 is 15.9 Å². The van der Waals surface area contributed by atoms with Crippen molar-refractivity contribution < 1.29 is 19.4 Å². The van der Waals surface area contributed by atoms with E-state index >= 15 is 0 Å². The lowest BCUT2D eigenvalue weighted by molar-refractivity contribution is 0.0893. The number of rotatable bonds is 4. The zero-order valence-electron chi connectivity index (χ0n) is 13.6. The van der Waals surface area contributed by atoms with Crippen molar-refractivity contribution in [3.63, 3.8) is 0 Å². The minimum Gasteiger partial charge on any atom is -0.491 e. The van der Waals surface area contributed by atoms with Gasteiger partial charge in [-0.15, -0.1) is 0 Å². The zero-order valence-corrected chi connectivity index (χ0v) is 15.2. The Kier molecular flexibility index (Phi) is 4.22. The second-order valence-electron chi connectivity index (χ2n) is 5.84. The standard InChI is InChI=1S/C20H14BrNO4/c21-12-3-1-4-13(11-12)22-19(24)15-6-2-5-14-17(26-10-9-23)8-7-16(18(14)15)20(22)25/h1-8,11,23H,9-10H2. The van der Waals surface area contributed by atoms with Crippen molar-refractivity contribution in [1.82, 2.24) is 0 Å². The van der Waals surface area contributed by atoms with Gasteiger partial charge in [-0.25, -0.2) is 4.90 Å². The molecule has 0 aliphatic carbocycles. The molecule has 26 heavy (non-hydrogen) atoms. The van der Waals surface area contributed by atoms with Crippen LogP contribution in [0.2, 0.25) is 0 Å². The quantitative estimate of drug-likeness (QED) is 0.663. The predicted molar refractivity (Wildman–Crippen MR) is 102 cm³/mol. The smallest absolute Gasteiger partial charge is 0.265 e. The zero-order chi connectivity index (χ0) is 18.3. The number of hydrogen-bond acceptors (Lipinski definition) is 4. The lowest BCUT2D eigenvalue weighted by Gasteiger charge is -2.27. The molecule has 0 aromatic heterocycles. The Bertz CT molecular complexity index is 1020. The molecule has 3 aromatic rings. The van der Waals surface area contributed by atoms with E-state index in [0.717, 1.165) is 4.47 Å². The number of aliphatic hydroxyl groups is 1. The van der Waals surface area contributed by atoms with E-state index in [1.165, 1.54) is 4.90 Å². The van der Waals surface area contributed by atoms with E-state index in [0.29, 0.717) is 33.3 Å². The Morgan fingerprint density at radius 3 is 2.42 bits per heavy atom. The lowest BCUT2D eigenvalue weighted by atomic mass is 9.93. The van der Waals surface area contributed by atoms with Crippen molar-refractivity contribution in [1.29, 1.82) is 0 Å². The van der Waals surface area contributed by atoms with Gasteiger partial charge in [0.15, 0.2) is 0 Å². The molecule has 1 aliphatic rings. The number of carbonyl (C=O) groups is 2. The first-order chi connectivity index (χ1) is 12.6. The number of aliphatic hydroxyl groups excluding tert-OH is 1. The summed E-state index contributed by atoms with van der Waals surface area (Å²) in [6.45, 7) is 0.0300. The minimum absolute atomic E-state index is 0.114. The third-order valence-corrected chi connectivity index (χ3v) is 4.78. The van der Waals surface area contributed by atoms with Crippen LogP contribution in [0.1, 0.15) is 20.7 Å². The highest BCUT2D eigenvalue weighted by Crippen LogP contribution is 2.37. The van der Waals surface area contributed by atoms with Crippen LogP contribution < -0.4 is 9.64 Å². The molecule has 0 bridgehead atoms. The molecule has 3 aromatic carbocycles. The Morgan fingerprint density at radius 1 is 0.962 bits per heavy atom. The van der Waals surface area contributed by atoms with Crippen molar-refractivity contribution in [3.05, 3.63) is 70.2 Å². The monoisotopic (exact) mass is 411 g/mol. The number of carbonyl (C=O) groups excluding carboxylic acids is 2. The molecule has 0 saturated heterocycles. The SMILES string of the molecule is O=C1c2cccc3c(OCCO)ccc(c23)C(=O)N1c1cccc(Br)c1. The maximum atomic E-state index is 13.1. The second-order valence-corrected chi connectivity index (χ2v) is 6.75. The molecule has 0 unspecified atom stereocenters. The summed E-state index contributed by atoms with van der Waals surface area (Å²) in [6, 6.07) is 15.7. The highest BCUT2D eigenvalue weighted by molar-refractivity contribution is 9.10. The Morgan fingerprint density at radius 2 is 1.69 bits per heavy atom. The van der Waals surface area contributed by atoms with Crippen molar-refractivity contribution in [2.75, 3.05) is 18.1 Å². The number of nitrogens with zero attached hydrogens (tertiary/aromatic N) is 1. The Hall–Kier alpha value is -2.70. The molecule has 0 saturated carbocycles. The molecule has 4 rings (SSSR count). The number of halogens is 1. The summed E-state index contributed by atoms with van der Waals surface area (Å²) in [5.41, 5.74) is 1.41. The molecule has 130 valence electrons. The maximum absolute atomic E-state index is 13.1. The van der Waals surface area contributed by atoms with Crippen LogP contribution in [0.4, 0.5) is 5.69 Å². The number of benzene rings is 3. The summed E-state index contributed by atoms with van der Waals surface area (Å²) < 4.78 is 6.34. The van der Waals surface area contributed by atoms with Crippen LogP contribution in [-0.2, 0) is 0 Å². The molecule has 1 heterocycles. The van der Waals surface area contributed by atoms with Gasteiger partial charge < -0.3 is 9.84 Å². The van der Waals surface area contributed by atoms with Crippen LogP contribution in [0.5, 0.6) is 5.75 Å². The first-order valence-corrected chi connectivity index (χ1v) is 8.85. The summed E-state index contributed by atoms with van der Waals surface area (Å²) in [5, 5.41) is 10.3. The molecule has 0 atom stereocenters. The van der Waals surface area contributed by atoms with E-state index < -0.39 is 0 Å². The van der Waals surface area contributed by atoms with Crippen molar-refractivity contribution >= 4 is 44.2 Å². The van der Waals surface area contributed by atoms with Gasteiger partial charge in [-0.3, -0.25) is 9.59 Å². The van der Waals surface area contributed by atoms with Gasteiger partial charge in [-0.2, -0.15) is 0 Å². The molecular formula is C20H14BrNO4. The Labute approximate surface area is 157 Å². The van der Waals surface area contributed by atoms with Gasteiger partial charge in [-0.1, -0.05) is 34.1 Å². The molecule has 2 amide bonds. The predicted octanol–water partition coefficient (Wildman–Crippen LogP) is 3.77. The number of ether oxygens (including phenoxy) is 1. The molecule has 0 fully saturated rings. The Balaban J connectivity index is 1.91. The summed E-state index contributed by atoms with van der Waals surface area (Å²) in [7, 11) is 0. The molecule has 6 heteroatoms. The third-order valence-electron chi connectivity index (χ3n) is 4.28. The second kappa shape index (κ2) is 6.55. The lowest BCUT2D eigenvalue weighted by Crippen LogP contribution is -2.40. The van der Waals surface area contributed by atoms with E-state index in [1.807, 2.05) is 12.1 Å². The van der Waals surface area contributed by atoms with E-state index in [9.17, 15) is 9.59 Å². The minimum atomic E-state index is -0.370. The largest absolute Gasteiger partial charge is 0.491 e. The topological polar surface area (TPSA) is 66.8 Å². The maximum Gasteiger partial charge on any atom is 0.265 e. The highest BCUT2D eigenvalue weighted by Gasteiger charge is 2.34. The fourth-order valence-corrected chi connectivity index (χ4v) is 3.59. The summed E-state index contributed by atoms with van der Waals surface area (Å²) in [6.07, 6.45) is 0. The van der Waals surface area contributed by atoms with Gasteiger partial charge in [0.2, 0.25) is 0 Å². The number of amides is 2. The molecule has 0 radical (unpaired) electrons. The van der Waals surface area contributed by atoms with Crippen LogP contribution in [0.15, 0.2) is 59.1 Å². The molecule has 1 N–H and O–H groups in total. The van der Waals surface area contributed by atoms with E-state index in [-0.39, 0.29) is 25.0 Å². The van der Waals surface area contributed by atoms with Gasteiger partial charge in [0.1, 0.15) is 12.4 Å². The van der Waals surface area contributed by atoms with Crippen molar-refractivity contribution in [2.45, 2.75) is 0 Å². The first-order valence-electron chi connectivity index (χ1n) is 8.05. The number of anilines is 1. The van der Waals surface area contributed by atoms with E-state index in [1.54, 1.807) is 42.5 Å². The van der Waals surface area contributed by atoms with Gasteiger partial charge in [-0.05, 0) is 36.4 Å². The van der Waals surface area contributed by atoms with E-state index in [2.05, 4.69) is 15.9 Å². The number of hydrogen-bond donors (Lipinski definition) is 1. The van der Waals surface area contributed by atoms with Crippen molar-refractivity contribution in [2.24, 2.45) is 0 Å². The van der Waals surface area contributed by atoms with E-state index in [4.69, 9.17) is 9.84 Å². The highest BCUT2D eigenvalue weighted by atomic mass is 79.9. The van der Waals surface area contributed by atoms with Crippen molar-refractivity contribution in [3.8, 4) is 5.75 Å². The van der Waals surface area contributed by atoms with Gasteiger partial charge in [0, 0.05) is 26.4 Å². The molecule has 1 aliphatic heterocycles. The van der Waals surface area contributed by atoms with Gasteiger partial charge in [0.25, 0.3) is 11.8 Å². The van der Waals surface area contributed by atoms with Crippen LogP contribution in [0.25, 0.3) is 10.8 Å². The van der Waals surface area contributed by atoms with Gasteiger partial charge in [0.05, 0.1) is 12.3 Å².